The number of carboxylic acids is 1. The first kappa shape index (κ1) is 13.0. The number of ether oxygens (including phenoxy) is 1. The molecule has 0 unspecified atom stereocenters. The van der Waals surface area contributed by atoms with Crippen molar-refractivity contribution in [2.75, 3.05) is 6.61 Å². The molecule has 0 radical (unpaired) electrons. The Morgan fingerprint density at radius 1 is 1.35 bits per heavy atom. The van der Waals surface area contributed by atoms with Crippen molar-refractivity contribution in [1.29, 1.82) is 0 Å². The second-order valence-electron chi connectivity index (χ2n) is 3.56. The average molecular weight is 237 g/mol. The van der Waals surface area contributed by atoms with E-state index in [4.69, 9.17) is 9.84 Å². The van der Waals surface area contributed by atoms with E-state index in [0.29, 0.717) is 16.8 Å². The molecule has 17 heavy (non-hydrogen) atoms. The third kappa shape index (κ3) is 2.96. The molecule has 1 aromatic heterocycles. The normalized spacial score (nSPS) is 10.8. The van der Waals surface area contributed by atoms with E-state index in [2.05, 4.69) is 4.98 Å². The van der Waals surface area contributed by atoms with Gasteiger partial charge in [-0.1, -0.05) is 0 Å². The Bertz CT molecular complexity index is 471. The van der Waals surface area contributed by atoms with Gasteiger partial charge in [-0.15, -0.1) is 0 Å². The van der Waals surface area contributed by atoms with E-state index in [1.165, 1.54) is 6.08 Å². The first-order valence-electron chi connectivity index (χ1n) is 5.24. The number of carbonyl (C=O) groups is 2. The van der Waals surface area contributed by atoms with Gasteiger partial charge in [-0.25, -0.2) is 9.59 Å². The summed E-state index contributed by atoms with van der Waals surface area (Å²) in [6, 6.07) is 0. The van der Waals surface area contributed by atoms with Crippen molar-refractivity contribution in [3.63, 3.8) is 0 Å². The Hall–Kier alpha value is -2.04. The zero-order valence-corrected chi connectivity index (χ0v) is 10.0. The van der Waals surface area contributed by atoms with Crippen molar-refractivity contribution >= 4 is 18.0 Å². The van der Waals surface area contributed by atoms with Crippen molar-refractivity contribution in [2.24, 2.45) is 0 Å². The number of hydrogen-bond acceptors (Lipinski definition) is 3. The third-order valence-corrected chi connectivity index (χ3v) is 2.30. The van der Waals surface area contributed by atoms with E-state index >= 15 is 0 Å². The molecule has 0 atom stereocenters. The lowest BCUT2D eigenvalue weighted by Gasteiger charge is -2.02. The summed E-state index contributed by atoms with van der Waals surface area (Å²) in [5.41, 5.74) is 2.36. The van der Waals surface area contributed by atoms with Gasteiger partial charge in [0, 0.05) is 23.0 Å². The highest BCUT2D eigenvalue weighted by Crippen LogP contribution is 2.20. The molecule has 0 aliphatic rings. The highest BCUT2D eigenvalue weighted by Gasteiger charge is 2.18. The Balaban J connectivity index is 3.19. The minimum absolute atomic E-state index is 0.282. The van der Waals surface area contributed by atoms with E-state index in [9.17, 15) is 9.59 Å². The van der Waals surface area contributed by atoms with Crippen molar-refractivity contribution in [3.8, 4) is 0 Å². The van der Waals surface area contributed by atoms with E-state index in [-0.39, 0.29) is 6.61 Å². The summed E-state index contributed by atoms with van der Waals surface area (Å²) in [4.78, 5) is 25.2. The highest BCUT2D eigenvalue weighted by atomic mass is 16.5. The lowest BCUT2D eigenvalue weighted by atomic mass is 10.1. The van der Waals surface area contributed by atoms with Crippen LogP contribution in [0.1, 0.15) is 34.2 Å². The fourth-order valence-electron chi connectivity index (χ4n) is 1.63. The van der Waals surface area contributed by atoms with E-state index in [0.717, 1.165) is 11.8 Å². The van der Waals surface area contributed by atoms with Gasteiger partial charge in [0.05, 0.1) is 12.2 Å². The molecule has 0 fully saturated rings. The van der Waals surface area contributed by atoms with Crippen LogP contribution in [0.25, 0.3) is 6.08 Å². The summed E-state index contributed by atoms with van der Waals surface area (Å²) < 4.78 is 4.93. The standard InChI is InChI=1S/C12H15NO4/c1-4-17-12(16)11-8(3)13-7(2)9(11)5-6-10(14)15/h5-6,13H,4H2,1-3H3,(H,14,15)/b6-5+. The molecule has 5 nitrogen and oxygen atoms in total. The number of nitrogens with one attached hydrogen (secondary N) is 1. The fourth-order valence-corrected chi connectivity index (χ4v) is 1.63. The molecule has 0 aliphatic heterocycles. The summed E-state index contributed by atoms with van der Waals surface area (Å²) >= 11 is 0. The second-order valence-corrected chi connectivity index (χ2v) is 3.56. The Labute approximate surface area is 99.1 Å². The van der Waals surface area contributed by atoms with Crippen LogP contribution in [-0.2, 0) is 9.53 Å². The van der Waals surface area contributed by atoms with Gasteiger partial charge >= 0.3 is 11.9 Å². The number of rotatable bonds is 4. The van der Waals surface area contributed by atoms with Gasteiger partial charge in [0.1, 0.15) is 0 Å². The predicted octanol–water partition coefficient (Wildman–Crippen LogP) is 1.91. The quantitative estimate of drug-likeness (QED) is 0.619. The zero-order chi connectivity index (χ0) is 13.0. The fraction of sp³-hybridized carbons (Fsp3) is 0.333. The molecule has 1 rings (SSSR count). The molecular formula is C12H15NO4. The lowest BCUT2D eigenvalue weighted by Crippen LogP contribution is -2.06. The number of carboxylic acid groups (broad SMARTS) is 1. The maximum Gasteiger partial charge on any atom is 0.340 e. The van der Waals surface area contributed by atoms with Crippen LogP contribution in [0.4, 0.5) is 0 Å². The first-order valence-corrected chi connectivity index (χ1v) is 5.24. The number of aromatic nitrogens is 1. The monoisotopic (exact) mass is 237 g/mol. The molecule has 0 spiro atoms. The molecule has 0 saturated carbocycles. The van der Waals surface area contributed by atoms with Crippen LogP contribution in [0.3, 0.4) is 0 Å². The molecular weight excluding hydrogens is 222 g/mol. The van der Waals surface area contributed by atoms with Gasteiger partial charge in [0.2, 0.25) is 0 Å². The van der Waals surface area contributed by atoms with Gasteiger partial charge in [-0.05, 0) is 26.8 Å². The Morgan fingerprint density at radius 3 is 2.53 bits per heavy atom. The number of aromatic amines is 1. The first-order chi connectivity index (χ1) is 7.97. The summed E-state index contributed by atoms with van der Waals surface area (Å²) in [6.07, 6.45) is 2.39. The maximum atomic E-state index is 11.7. The smallest absolute Gasteiger partial charge is 0.340 e. The van der Waals surface area contributed by atoms with Gasteiger partial charge in [0.15, 0.2) is 0 Å². The van der Waals surface area contributed by atoms with Crippen molar-refractivity contribution in [3.05, 3.63) is 28.6 Å². The Kier molecular flexibility index (Phi) is 4.09. The van der Waals surface area contributed by atoms with Crippen molar-refractivity contribution < 1.29 is 19.4 Å². The number of esters is 1. The lowest BCUT2D eigenvalue weighted by molar-refractivity contribution is -0.131. The van der Waals surface area contributed by atoms with Crippen LogP contribution >= 0.6 is 0 Å². The number of hydrogen-bond donors (Lipinski definition) is 2. The van der Waals surface area contributed by atoms with Crippen LogP contribution < -0.4 is 0 Å². The van der Waals surface area contributed by atoms with E-state index in [1.807, 2.05) is 0 Å². The summed E-state index contributed by atoms with van der Waals surface area (Å²) in [6.45, 7) is 5.53. The maximum absolute atomic E-state index is 11.7. The van der Waals surface area contributed by atoms with Crippen LogP contribution in [0.5, 0.6) is 0 Å². The topological polar surface area (TPSA) is 79.4 Å². The molecule has 0 aromatic carbocycles. The van der Waals surface area contributed by atoms with E-state index in [1.54, 1.807) is 20.8 Å². The SMILES string of the molecule is CCOC(=O)c1c(C)[nH]c(C)c1/C=C/C(=O)O. The van der Waals surface area contributed by atoms with E-state index < -0.39 is 11.9 Å². The van der Waals surface area contributed by atoms with Gasteiger partial charge in [-0.2, -0.15) is 0 Å². The van der Waals surface area contributed by atoms with Crippen LogP contribution in [0, 0.1) is 13.8 Å². The largest absolute Gasteiger partial charge is 0.478 e. The molecule has 1 heterocycles. The molecule has 5 heteroatoms. The number of H-pyrrole nitrogens is 1. The molecule has 0 bridgehead atoms. The van der Waals surface area contributed by atoms with Crippen LogP contribution in [0.2, 0.25) is 0 Å². The molecule has 92 valence electrons. The third-order valence-electron chi connectivity index (χ3n) is 2.30. The van der Waals surface area contributed by atoms with Gasteiger partial charge in [-0.3, -0.25) is 0 Å². The summed E-state index contributed by atoms with van der Waals surface area (Å²) in [5.74, 6) is -1.50. The van der Waals surface area contributed by atoms with Gasteiger partial charge in [0.25, 0.3) is 0 Å². The molecule has 0 saturated heterocycles. The second kappa shape index (κ2) is 5.34. The van der Waals surface area contributed by atoms with Crippen molar-refractivity contribution in [1.82, 2.24) is 4.98 Å². The number of aliphatic carboxylic acids is 1. The average Bonchev–Trinajstić information content (AvgIpc) is 2.50. The molecule has 0 amide bonds. The number of aryl methyl sites for hydroxylation is 2. The summed E-state index contributed by atoms with van der Waals surface area (Å²) in [7, 11) is 0. The summed E-state index contributed by atoms with van der Waals surface area (Å²) in [5, 5.41) is 8.59. The predicted molar refractivity (Wildman–Crippen MR) is 62.9 cm³/mol. The van der Waals surface area contributed by atoms with Crippen LogP contribution in [-0.4, -0.2) is 28.6 Å². The molecule has 0 aliphatic carbocycles. The minimum Gasteiger partial charge on any atom is -0.478 e. The molecule has 1 aromatic rings. The Morgan fingerprint density at radius 2 is 2.00 bits per heavy atom. The number of carbonyl (C=O) groups excluding carboxylic acids is 1. The van der Waals surface area contributed by atoms with Crippen molar-refractivity contribution in [2.45, 2.75) is 20.8 Å². The van der Waals surface area contributed by atoms with Gasteiger partial charge < -0.3 is 14.8 Å². The molecule has 2 N–H and O–H groups in total. The highest BCUT2D eigenvalue weighted by molar-refractivity contribution is 5.97. The van der Waals surface area contributed by atoms with Crippen LogP contribution in [0.15, 0.2) is 6.08 Å². The minimum atomic E-state index is -1.06. The zero-order valence-electron chi connectivity index (χ0n) is 10.0.